The van der Waals surface area contributed by atoms with Gasteiger partial charge in [-0.25, -0.2) is 0 Å². The SMILES string of the molecule is COc1ccc(Cl)cc1N=Cc1ccc(C)n1C. The summed E-state index contributed by atoms with van der Waals surface area (Å²) >= 11 is 5.96. The molecule has 94 valence electrons. The second-order valence-corrected chi connectivity index (χ2v) is 4.47. The normalized spacial score (nSPS) is 11.1. The molecule has 2 rings (SSSR count). The molecule has 0 fully saturated rings. The summed E-state index contributed by atoms with van der Waals surface area (Å²) in [7, 11) is 3.63. The highest BCUT2D eigenvalue weighted by Crippen LogP contribution is 2.30. The lowest BCUT2D eigenvalue weighted by atomic mass is 10.3. The molecule has 0 N–H and O–H groups in total. The molecule has 0 spiro atoms. The number of halogens is 1. The van der Waals surface area contributed by atoms with Crippen molar-refractivity contribution in [2.24, 2.45) is 12.0 Å². The Labute approximate surface area is 112 Å². The van der Waals surface area contributed by atoms with E-state index in [0.717, 1.165) is 11.4 Å². The fourth-order valence-corrected chi connectivity index (χ4v) is 1.83. The molecule has 0 aliphatic carbocycles. The van der Waals surface area contributed by atoms with Crippen LogP contribution in [-0.2, 0) is 7.05 Å². The van der Waals surface area contributed by atoms with Crippen LogP contribution >= 0.6 is 11.6 Å². The zero-order valence-corrected chi connectivity index (χ0v) is 11.4. The smallest absolute Gasteiger partial charge is 0.144 e. The maximum Gasteiger partial charge on any atom is 0.144 e. The molecule has 0 unspecified atom stereocenters. The van der Waals surface area contributed by atoms with Crippen molar-refractivity contribution in [3.8, 4) is 5.75 Å². The molecule has 0 saturated heterocycles. The van der Waals surface area contributed by atoms with Gasteiger partial charge in [0.05, 0.1) is 19.0 Å². The molecule has 2 aromatic rings. The first-order chi connectivity index (χ1) is 8.61. The molecule has 0 atom stereocenters. The Bertz CT molecular complexity index is 587. The number of ether oxygens (including phenoxy) is 1. The standard InChI is InChI=1S/C14H15ClN2O/c1-10-4-6-12(17(10)2)9-16-13-8-11(15)5-7-14(13)18-3/h4-9H,1-3H3. The second-order valence-electron chi connectivity index (χ2n) is 4.03. The maximum atomic E-state index is 5.96. The van der Waals surface area contributed by atoms with Crippen LogP contribution < -0.4 is 4.74 Å². The second kappa shape index (κ2) is 5.27. The largest absolute Gasteiger partial charge is 0.494 e. The van der Waals surface area contributed by atoms with Gasteiger partial charge in [-0.15, -0.1) is 0 Å². The van der Waals surface area contributed by atoms with Crippen molar-refractivity contribution < 1.29 is 4.74 Å². The van der Waals surface area contributed by atoms with Gasteiger partial charge in [0.15, 0.2) is 0 Å². The van der Waals surface area contributed by atoms with E-state index in [1.54, 1.807) is 25.5 Å². The highest BCUT2D eigenvalue weighted by atomic mass is 35.5. The number of hydrogen-bond donors (Lipinski definition) is 0. The zero-order chi connectivity index (χ0) is 13.1. The maximum absolute atomic E-state index is 5.96. The summed E-state index contributed by atoms with van der Waals surface area (Å²) in [5.74, 6) is 0.710. The fourth-order valence-electron chi connectivity index (χ4n) is 1.66. The molecule has 0 bridgehead atoms. The van der Waals surface area contributed by atoms with Crippen molar-refractivity contribution in [1.82, 2.24) is 4.57 Å². The van der Waals surface area contributed by atoms with Crippen LogP contribution in [0.4, 0.5) is 5.69 Å². The summed E-state index contributed by atoms with van der Waals surface area (Å²) in [4.78, 5) is 4.43. The first-order valence-corrected chi connectivity index (χ1v) is 5.99. The first-order valence-electron chi connectivity index (χ1n) is 5.61. The van der Waals surface area contributed by atoms with Crippen LogP contribution in [0.2, 0.25) is 5.02 Å². The van der Waals surface area contributed by atoms with Crippen molar-refractivity contribution in [2.75, 3.05) is 7.11 Å². The molecule has 0 amide bonds. The van der Waals surface area contributed by atoms with E-state index in [4.69, 9.17) is 16.3 Å². The molecule has 1 aromatic heterocycles. The van der Waals surface area contributed by atoms with Gasteiger partial charge in [0, 0.05) is 17.8 Å². The summed E-state index contributed by atoms with van der Waals surface area (Å²) < 4.78 is 7.31. The number of nitrogens with zero attached hydrogens (tertiary/aromatic N) is 2. The Morgan fingerprint density at radius 3 is 2.67 bits per heavy atom. The molecule has 0 radical (unpaired) electrons. The van der Waals surface area contributed by atoms with E-state index in [1.807, 2.05) is 19.2 Å². The number of aromatic nitrogens is 1. The average Bonchev–Trinajstić information content (AvgIpc) is 2.68. The van der Waals surface area contributed by atoms with Crippen LogP contribution in [0.3, 0.4) is 0 Å². The van der Waals surface area contributed by atoms with Crippen molar-refractivity contribution in [3.05, 3.63) is 46.7 Å². The fraction of sp³-hybridized carbons (Fsp3) is 0.214. The Balaban J connectivity index is 2.33. The Morgan fingerprint density at radius 2 is 2.06 bits per heavy atom. The van der Waals surface area contributed by atoms with Gasteiger partial charge in [0.25, 0.3) is 0 Å². The molecule has 0 aliphatic heterocycles. The molecular formula is C14H15ClN2O. The summed E-state index contributed by atoms with van der Waals surface area (Å²) in [5.41, 5.74) is 2.95. The van der Waals surface area contributed by atoms with Gasteiger partial charge in [-0.1, -0.05) is 11.6 Å². The number of rotatable bonds is 3. The van der Waals surface area contributed by atoms with Crippen LogP contribution in [-0.4, -0.2) is 17.9 Å². The molecule has 18 heavy (non-hydrogen) atoms. The van der Waals surface area contributed by atoms with E-state index in [9.17, 15) is 0 Å². The minimum Gasteiger partial charge on any atom is -0.494 e. The number of hydrogen-bond acceptors (Lipinski definition) is 2. The zero-order valence-electron chi connectivity index (χ0n) is 10.6. The lowest BCUT2D eigenvalue weighted by Crippen LogP contribution is -1.96. The Hall–Kier alpha value is -1.74. The summed E-state index contributed by atoms with van der Waals surface area (Å²) in [6, 6.07) is 9.45. The topological polar surface area (TPSA) is 26.5 Å². The quantitative estimate of drug-likeness (QED) is 0.774. The van der Waals surface area contributed by atoms with E-state index in [1.165, 1.54) is 5.69 Å². The third kappa shape index (κ3) is 2.57. The lowest BCUT2D eigenvalue weighted by Gasteiger charge is -2.04. The van der Waals surface area contributed by atoms with Gasteiger partial charge >= 0.3 is 0 Å². The van der Waals surface area contributed by atoms with Crippen LogP contribution in [0, 0.1) is 6.92 Å². The number of aliphatic imine (C=N–C) groups is 1. The molecule has 0 aliphatic rings. The van der Waals surface area contributed by atoms with Crippen LogP contribution in [0.25, 0.3) is 0 Å². The van der Waals surface area contributed by atoms with E-state index >= 15 is 0 Å². The number of aryl methyl sites for hydroxylation is 1. The molecule has 0 saturated carbocycles. The highest BCUT2D eigenvalue weighted by molar-refractivity contribution is 6.30. The van der Waals surface area contributed by atoms with Crippen LogP contribution in [0.15, 0.2) is 35.3 Å². The Morgan fingerprint density at radius 1 is 1.28 bits per heavy atom. The summed E-state index contributed by atoms with van der Waals surface area (Å²) in [6.07, 6.45) is 1.81. The van der Waals surface area contributed by atoms with Gasteiger partial charge in [-0.2, -0.15) is 0 Å². The summed E-state index contributed by atoms with van der Waals surface area (Å²) in [6.45, 7) is 2.05. The minimum atomic E-state index is 0.644. The van der Waals surface area contributed by atoms with Gasteiger partial charge in [-0.3, -0.25) is 4.99 Å². The third-order valence-corrected chi connectivity index (χ3v) is 3.12. The van der Waals surface area contributed by atoms with Crippen molar-refractivity contribution in [2.45, 2.75) is 6.92 Å². The monoisotopic (exact) mass is 262 g/mol. The van der Waals surface area contributed by atoms with E-state index < -0.39 is 0 Å². The van der Waals surface area contributed by atoms with Gasteiger partial charge in [0.1, 0.15) is 11.4 Å². The Kier molecular flexibility index (Phi) is 3.72. The van der Waals surface area contributed by atoms with Gasteiger partial charge in [-0.05, 0) is 37.3 Å². The third-order valence-electron chi connectivity index (χ3n) is 2.89. The van der Waals surface area contributed by atoms with Crippen molar-refractivity contribution in [3.63, 3.8) is 0 Å². The predicted octanol–water partition coefficient (Wildman–Crippen LogP) is 3.75. The average molecular weight is 263 g/mol. The van der Waals surface area contributed by atoms with Crippen molar-refractivity contribution >= 4 is 23.5 Å². The molecule has 1 aromatic carbocycles. The molecule has 1 heterocycles. The highest BCUT2D eigenvalue weighted by Gasteiger charge is 2.02. The first kappa shape index (κ1) is 12.7. The van der Waals surface area contributed by atoms with Gasteiger partial charge in [0.2, 0.25) is 0 Å². The summed E-state index contributed by atoms with van der Waals surface area (Å²) in [5, 5.41) is 0.644. The van der Waals surface area contributed by atoms with Crippen LogP contribution in [0.5, 0.6) is 5.75 Å². The van der Waals surface area contributed by atoms with E-state index in [-0.39, 0.29) is 0 Å². The van der Waals surface area contributed by atoms with E-state index in [0.29, 0.717) is 10.8 Å². The van der Waals surface area contributed by atoms with Crippen molar-refractivity contribution in [1.29, 1.82) is 0 Å². The molecule has 3 nitrogen and oxygen atoms in total. The van der Waals surface area contributed by atoms with Gasteiger partial charge < -0.3 is 9.30 Å². The molecular weight excluding hydrogens is 248 g/mol. The lowest BCUT2D eigenvalue weighted by molar-refractivity contribution is 0.416. The van der Waals surface area contributed by atoms with Crippen LogP contribution in [0.1, 0.15) is 11.4 Å². The number of benzene rings is 1. The minimum absolute atomic E-state index is 0.644. The molecule has 4 heteroatoms. The number of methoxy groups -OCH3 is 1. The van der Waals surface area contributed by atoms with E-state index in [2.05, 4.69) is 22.5 Å². The predicted molar refractivity (Wildman–Crippen MR) is 75.4 cm³/mol.